The molecule has 6 heteroatoms. The van der Waals surface area contributed by atoms with Crippen LogP contribution in [0.3, 0.4) is 0 Å². The van der Waals surface area contributed by atoms with Crippen LogP contribution in [-0.4, -0.2) is 28.5 Å². The van der Waals surface area contributed by atoms with Gasteiger partial charge in [0.15, 0.2) is 0 Å². The summed E-state index contributed by atoms with van der Waals surface area (Å²) in [6, 6.07) is 12.9. The Bertz CT molecular complexity index is 811. The first-order chi connectivity index (χ1) is 12.6. The predicted molar refractivity (Wildman–Crippen MR) is 95.5 cm³/mol. The van der Waals surface area contributed by atoms with Crippen LogP contribution in [0.5, 0.6) is 5.75 Å². The number of halogens is 1. The van der Waals surface area contributed by atoms with Crippen molar-refractivity contribution in [2.45, 2.75) is 31.5 Å². The van der Waals surface area contributed by atoms with Gasteiger partial charge in [-0.1, -0.05) is 31.2 Å². The van der Waals surface area contributed by atoms with Gasteiger partial charge in [0.2, 0.25) is 5.91 Å². The van der Waals surface area contributed by atoms with Crippen molar-refractivity contribution in [2.24, 2.45) is 5.92 Å². The highest BCUT2D eigenvalue weighted by Crippen LogP contribution is 2.47. The molecule has 2 aromatic rings. The average molecular weight is 355 g/mol. The van der Waals surface area contributed by atoms with Gasteiger partial charge in [-0.15, -0.1) is 0 Å². The lowest BCUT2D eigenvalue weighted by Gasteiger charge is -2.31. The number of nitrogens with one attached hydrogen (secondary N) is 2. The van der Waals surface area contributed by atoms with Gasteiger partial charge < -0.3 is 10.0 Å². The minimum atomic E-state index is -0.344. The molecule has 2 aromatic carbocycles. The largest absolute Gasteiger partial charge is 0.508 e. The van der Waals surface area contributed by atoms with Crippen molar-refractivity contribution < 1.29 is 14.3 Å². The van der Waals surface area contributed by atoms with Crippen LogP contribution in [0.4, 0.5) is 4.39 Å². The molecular formula is C20H22FN3O2. The molecule has 0 aliphatic carbocycles. The maximum absolute atomic E-state index is 13.3. The number of benzene rings is 2. The molecule has 4 rings (SSSR count). The molecule has 1 amide bonds. The molecule has 2 saturated heterocycles. The summed E-state index contributed by atoms with van der Waals surface area (Å²) >= 11 is 0. The zero-order chi connectivity index (χ0) is 18.3. The topological polar surface area (TPSA) is 64.6 Å². The molecule has 4 unspecified atom stereocenters. The summed E-state index contributed by atoms with van der Waals surface area (Å²) in [4.78, 5) is 14.9. The monoisotopic (exact) mass is 355 g/mol. The van der Waals surface area contributed by atoms with E-state index in [-0.39, 0.29) is 41.5 Å². The highest BCUT2D eigenvalue weighted by Gasteiger charge is 2.55. The lowest BCUT2D eigenvalue weighted by Crippen LogP contribution is -2.41. The van der Waals surface area contributed by atoms with Crippen LogP contribution in [0.1, 0.15) is 36.6 Å². The van der Waals surface area contributed by atoms with Crippen LogP contribution in [-0.2, 0) is 4.79 Å². The van der Waals surface area contributed by atoms with Crippen LogP contribution >= 0.6 is 0 Å². The number of fused-ring (bicyclic) bond motifs is 1. The Labute approximate surface area is 151 Å². The number of amides is 1. The number of hydrogen-bond acceptors (Lipinski definition) is 4. The van der Waals surface area contributed by atoms with E-state index in [1.54, 1.807) is 30.3 Å². The fraction of sp³-hybridized carbons (Fsp3) is 0.350. The van der Waals surface area contributed by atoms with Gasteiger partial charge in [-0.2, -0.15) is 0 Å². The number of rotatable bonds is 4. The molecule has 0 aromatic heterocycles. The standard InChI is InChI=1S/C20H22FN3O2/c1-2-10-24-19(13-4-3-5-15(25)11-13)16-17(22-23-18(16)20(24)26)12-6-8-14(21)9-7-12/h3-9,11,16-19,22-23,25H,2,10H2,1H3. The number of carbonyl (C=O) groups excluding carboxylic acids is 1. The molecule has 0 saturated carbocycles. The molecule has 2 aliphatic rings. The number of aromatic hydroxyl groups is 1. The molecule has 4 atom stereocenters. The lowest BCUT2D eigenvalue weighted by atomic mass is 9.83. The number of phenolic OH excluding ortho intramolecular Hbond substituents is 1. The fourth-order valence-electron chi connectivity index (χ4n) is 4.26. The lowest BCUT2D eigenvalue weighted by molar-refractivity contribution is -0.130. The molecule has 136 valence electrons. The van der Waals surface area contributed by atoms with Crippen molar-refractivity contribution in [3.63, 3.8) is 0 Å². The average Bonchev–Trinajstić information content (AvgIpc) is 3.16. The Morgan fingerprint density at radius 1 is 1.08 bits per heavy atom. The van der Waals surface area contributed by atoms with E-state index in [9.17, 15) is 14.3 Å². The van der Waals surface area contributed by atoms with Gasteiger partial charge in [-0.25, -0.2) is 15.2 Å². The second-order valence-electron chi connectivity index (χ2n) is 6.94. The third-order valence-corrected chi connectivity index (χ3v) is 5.32. The summed E-state index contributed by atoms with van der Waals surface area (Å²) in [5.41, 5.74) is 8.20. The van der Waals surface area contributed by atoms with Gasteiger partial charge in [0.25, 0.3) is 0 Å². The Hall–Kier alpha value is -2.44. The predicted octanol–water partition coefficient (Wildman–Crippen LogP) is 2.66. The Balaban J connectivity index is 1.76. The van der Waals surface area contributed by atoms with E-state index >= 15 is 0 Å². The molecule has 26 heavy (non-hydrogen) atoms. The summed E-state index contributed by atoms with van der Waals surface area (Å²) < 4.78 is 13.3. The quantitative estimate of drug-likeness (QED) is 0.789. The first-order valence-electron chi connectivity index (χ1n) is 8.96. The first kappa shape index (κ1) is 17.0. The van der Waals surface area contributed by atoms with Crippen molar-refractivity contribution in [3.8, 4) is 5.75 Å². The minimum absolute atomic E-state index is 0.0543. The Morgan fingerprint density at radius 3 is 2.50 bits per heavy atom. The summed E-state index contributed by atoms with van der Waals surface area (Å²) in [5, 5.41) is 9.93. The maximum atomic E-state index is 13.3. The Kier molecular flexibility index (Phi) is 4.38. The van der Waals surface area contributed by atoms with Gasteiger partial charge in [0.1, 0.15) is 17.6 Å². The number of nitrogens with zero attached hydrogens (tertiary/aromatic N) is 1. The third-order valence-electron chi connectivity index (χ3n) is 5.32. The van der Waals surface area contributed by atoms with Crippen molar-refractivity contribution in [1.29, 1.82) is 0 Å². The van der Waals surface area contributed by atoms with E-state index in [2.05, 4.69) is 10.9 Å². The number of phenols is 1. The van der Waals surface area contributed by atoms with Gasteiger partial charge in [-0.05, 0) is 41.8 Å². The normalized spacial score (nSPS) is 27.8. The molecule has 0 spiro atoms. The van der Waals surface area contributed by atoms with Crippen molar-refractivity contribution in [1.82, 2.24) is 15.8 Å². The molecule has 5 nitrogen and oxygen atoms in total. The molecule has 2 fully saturated rings. The van der Waals surface area contributed by atoms with E-state index in [1.807, 2.05) is 17.9 Å². The minimum Gasteiger partial charge on any atom is -0.508 e. The van der Waals surface area contributed by atoms with Crippen molar-refractivity contribution in [2.75, 3.05) is 6.54 Å². The highest BCUT2D eigenvalue weighted by molar-refractivity contribution is 5.86. The van der Waals surface area contributed by atoms with Gasteiger partial charge in [0, 0.05) is 12.5 Å². The van der Waals surface area contributed by atoms with Crippen molar-refractivity contribution >= 4 is 5.91 Å². The highest BCUT2D eigenvalue weighted by atomic mass is 19.1. The van der Waals surface area contributed by atoms with Gasteiger partial charge >= 0.3 is 0 Å². The second-order valence-corrected chi connectivity index (χ2v) is 6.94. The first-order valence-corrected chi connectivity index (χ1v) is 8.96. The van der Waals surface area contributed by atoms with Crippen LogP contribution < -0.4 is 10.9 Å². The Morgan fingerprint density at radius 2 is 1.81 bits per heavy atom. The van der Waals surface area contributed by atoms with Crippen LogP contribution in [0.25, 0.3) is 0 Å². The third kappa shape index (κ3) is 2.75. The molecule has 0 radical (unpaired) electrons. The zero-order valence-electron chi connectivity index (χ0n) is 14.5. The summed E-state index contributed by atoms with van der Waals surface area (Å²) in [5.74, 6) is -0.0911. The van der Waals surface area contributed by atoms with E-state index in [4.69, 9.17) is 0 Å². The summed E-state index contributed by atoms with van der Waals surface area (Å²) in [6.45, 7) is 2.70. The molecule has 2 heterocycles. The SMILES string of the molecule is CCCN1C(=O)C2NNC(c3ccc(F)cc3)C2C1c1cccc(O)c1. The van der Waals surface area contributed by atoms with Gasteiger partial charge in [0.05, 0.1) is 12.1 Å². The molecule has 0 bridgehead atoms. The van der Waals surface area contributed by atoms with Gasteiger partial charge in [-0.3, -0.25) is 4.79 Å². The smallest absolute Gasteiger partial charge is 0.242 e. The maximum Gasteiger partial charge on any atom is 0.242 e. The molecular weight excluding hydrogens is 333 g/mol. The second kappa shape index (κ2) is 6.70. The van der Waals surface area contributed by atoms with Crippen LogP contribution in [0.15, 0.2) is 48.5 Å². The molecule has 3 N–H and O–H groups in total. The van der Waals surface area contributed by atoms with Crippen molar-refractivity contribution in [3.05, 3.63) is 65.5 Å². The number of likely N-dealkylation sites (tertiary alicyclic amines) is 1. The van der Waals surface area contributed by atoms with E-state index < -0.39 is 0 Å². The number of hydrazine groups is 1. The van der Waals surface area contributed by atoms with E-state index in [0.717, 1.165) is 17.5 Å². The summed E-state index contributed by atoms with van der Waals surface area (Å²) in [7, 11) is 0. The fourth-order valence-corrected chi connectivity index (χ4v) is 4.26. The number of hydrogen-bond donors (Lipinski definition) is 3. The van der Waals surface area contributed by atoms with Crippen LogP contribution in [0, 0.1) is 11.7 Å². The zero-order valence-corrected chi connectivity index (χ0v) is 14.5. The van der Waals surface area contributed by atoms with Crippen LogP contribution in [0.2, 0.25) is 0 Å². The summed E-state index contributed by atoms with van der Waals surface area (Å²) in [6.07, 6.45) is 0.856. The van der Waals surface area contributed by atoms with E-state index in [1.165, 1.54) is 12.1 Å². The number of carbonyl (C=O) groups is 1. The van der Waals surface area contributed by atoms with E-state index in [0.29, 0.717) is 6.54 Å². The molecule has 2 aliphatic heterocycles.